The summed E-state index contributed by atoms with van der Waals surface area (Å²) in [7, 11) is -1.27. The Morgan fingerprint density at radius 1 is 0.927 bits per heavy atom. The molecule has 0 heterocycles. The van der Waals surface area contributed by atoms with Gasteiger partial charge in [-0.3, -0.25) is 13.9 Å². The van der Waals surface area contributed by atoms with Gasteiger partial charge in [0.1, 0.15) is 12.6 Å². The molecule has 3 aromatic rings. The van der Waals surface area contributed by atoms with E-state index in [0.717, 1.165) is 20.8 Å². The second-order valence-corrected chi connectivity index (χ2v) is 12.3. The van der Waals surface area contributed by atoms with Crippen molar-refractivity contribution in [3.63, 3.8) is 0 Å². The van der Waals surface area contributed by atoms with Crippen LogP contribution in [-0.2, 0) is 26.2 Å². The Morgan fingerprint density at radius 3 is 2.15 bits per heavy atom. The fourth-order valence-electron chi connectivity index (χ4n) is 4.06. The summed E-state index contributed by atoms with van der Waals surface area (Å²) in [6, 6.07) is 18.9. The SMILES string of the molecule is CC[C@@H](C)NC(=O)[C@H](C)N(Cc1ccc(Br)cc1)C(=O)CN(c1ccc(OC)c(OC)c1)S(=O)(=O)c1ccccc1. The number of ether oxygens (including phenoxy) is 2. The number of hydrogen-bond donors (Lipinski definition) is 1. The number of anilines is 1. The standard InChI is InChI=1S/C30H36BrN3O6S/c1-6-21(2)32-30(36)22(3)33(19-23-12-14-24(31)15-13-23)29(35)20-34(41(37,38)26-10-8-7-9-11-26)25-16-17-27(39-4)28(18-25)40-5/h7-18,21-22H,6,19-20H2,1-5H3,(H,32,36)/t21-,22+/m1/s1. The van der Waals surface area contributed by atoms with Crippen LogP contribution < -0.4 is 19.1 Å². The molecule has 0 aromatic heterocycles. The van der Waals surface area contributed by atoms with Crippen LogP contribution in [0.1, 0.15) is 32.8 Å². The molecule has 3 aromatic carbocycles. The van der Waals surface area contributed by atoms with E-state index in [9.17, 15) is 18.0 Å². The van der Waals surface area contributed by atoms with Crippen molar-refractivity contribution in [3.8, 4) is 11.5 Å². The van der Waals surface area contributed by atoms with Gasteiger partial charge < -0.3 is 19.7 Å². The van der Waals surface area contributed by atoms with Crippen LogP contribution >= 0.6 is 15.9 Å². The number of methoxy groups -OCH3 is 2. The van der Waals surface area contributed by atoms with Gasteiger partial charge in [-0.1, -0.05) is 53.2 Å². The number of sulfonamides is 1. The summed E-state index contributed by atoms with van der Waals surface area (Å²) in [4.78, 5) is 28.6. The molecule has 0 aliphatic heterocycles. The third-order valence-corrected chi connectivity index (χ3v) is 9.02. The van der Waals surface area contributed by atoms with Gasteiger partial charge in [-0.05, 0) is 62.2 Å². The lowest BCUT2D eigenvalue weighted by molar-refractivity contribution is -0.139. The van der Waals surface area contributed by atoms with Crippen molar-refractivity contribution in [2.45, 2.75) is 50.7 Å². The van der Waals surface area contributed by atoms with Crippen LogP contribution in [0, 0.1) is 0 Å². The second kappa shape index (κ2) is 14.4. The largest absolute Gasteiger partial charge is 0.493 e. The molecule has 9 nitrogen and oxygen atoms in total. The summed E-state index contributed by atoms with van der Waals surface area (Å²) in [6.07, 6.45) is 0.724. The Kier molecular flexibility index (Phi) is 11.2. The van der Waals surface area contributed by atoms with E-state index in [-0.39, 0.29) is 29.1 Å². The fourth-order valence-corrected chi connectivity index (χ4v) is 5.75. The predicted octanol–water partition coefficient (Wildman–Crippen LogP) is 4.99. The smallest absolute Gasteiger partial charge is 0.264 e. The number of benzene rings is 3. The molecule has 11 heteroatoms. The maximum absolute atomic E-state index is 14.0. The minimum absolute atomic E-state index is 0.0182. The molecule has 2 atom stereocenters. The summed E-state index contributed by atoms with van der Waals surface area (Å²) in [6.45, 7) is 5.03. The molecule has 41 heavy (non-hydrogen) atoms. The number of halogens is 1. The zero-order valence-electron chi connectivity index (χ0n) is 23.8. The van der Waals surface area contributed by atoms with Crippen molar-refractivity contribution in [2.75, 3.05) is 25.1 Å². The summed E-state index contributed by atoms with van der Waals surface area (Å²) in [5.41, 5.74) is 0.994. The van der Waals surface area contributed by atoms with Crippen molar-refractivity contribution in [2.24, 2.45) is 0 Å². The van der Waals surface area contributed by atoms with Crippen LogP contribution in [0.25, 0.3) is 0 Å². The number of nitrogens with zero attached hydrogens (tertiary/aromatic N) is 2. The van der Waals surface area contributed by atoms with Crippen molar-refractivity contribution >= 4 is 43.5 Å². The monoisotopic (exact) mass is 645 g/mol. The average molecular weight is 647 g/mol. The molecule has 0 saturated heterocycles. The number of carbonyl (C=O) groups is 2. The predicted molar refractivity (Wildman–Crippen MR) is 163 cm³/mol. The van der Waals surface area contributed by atoms with Crippen molar-refractivity contribution in [1.82, 2.24) is 10.2 Å². The molecular formula is C30H36BrN3O6S. The van der Waals surface area contributed by atoms with E-state index < -0.39 is 28.5 Å². The minimum Gasteiger partial charge on any atom is -0.493 e. The number of amides is 2. The van der Waals surface area contributed by atoms with Gasteiger partial charge in [-0.15, -0.1) is 0 Å². The third kappa shape index (κ3) is 8.01. The quantitative estimate of drug-likeness (QED) is 0.281. The molecule has 0 aliphatic rings. The first-order valence-corrected chi connectivity index (χ1v) is 15.4. The number of nitrogens with one attached hydrogen (secondary N) is 1. The van der Waals surface area contributed by atoms with Gasteiger partial charge in [-0.25, -0.2) is 8.42 Å². The van der Waals surface area contributed by atoms with E-state index in [1.807, 2.05) is 38.1 Å². The molecule has 0 saturated carbocycles. The van der Waals surface area contributed by atoms with Crippen LogP contribution in [-0.4, -0.2) is 58.0 Å². The van der Waals surface area contributed by atoms with Crippen molar-refractivity contribution in [3.05, 3.63) is 82.8 Å². The maximum atomic E-state index is 14.0. The first-order valence-electron chi connectivity index (χ1n) is 13.2. The summed E-state index contributed by atoms with van der Waals surface area (Å²) in [5, 5.41) is 2.93. The van der Waals surface area contributed by atoms with Crippen molar-refractivity contribution in [1.29, 1.82) is 0 Å². The highest BCUT2D eigenvalue weighted by Gasteiger charge is 2.33. The van der Waals surface area contributed by atoms with Crippen LogP contribution in [0.3, 0.4) is 0 Å². The highest BCUT2D eigenvalue weighted by Crippen LogP contribution is 2.34. The topological polar surface area (TPSA) is 105 Å². The lowest BCUT2D eigenvalue weighted by atomic mass is 10.1. The minimum atomic E-state index is -4.19. The second-order valence-electron chi connectivity index (χ2n) is 9.51. The summed E-state index contributed by atoms with van der Waals surface area (Å²) in [5.74, 6) is -0.159. The number of rotatable bonds is 13. The number of hydrogen-bond acceptors (Lipinski definition) is 6. The zero-order valence-corrected chi connectivity index (χ0v) is 26.2. The van der Waals surface area contributed by atoms with E-state index in [0.29, 0.717) is 11.5 Å². The lowest BCUT2D eigenvalue weighted by Crippen LogP contribution is -2.52. The van der Waals surface area contributed by atoms with Crippen LogP contribution in [0.15, 0.2) is 82.2 Å². The van der Waals surface area contributed by atoms with E-state index in [2.05, 4.69) is 21.2 Å². The highest BCUT2D eigenvalue weighted by molar-refractivity contribution is 9.10. The molecule has 0 radical (unpaired) electrons. The summed E-state index contributed by atoms with van der Waals surface area (Å²) >= 11 is 3.42. The molecule has 0 fully saturated rings. The molecular weight excluding hydrogens is 610 g/mol. The van der Waals surface area contributed by atoms with E-state index in [1.54, 1.807) is 37.3 Å². The Balaban J connectivity index is 2.06. The van der Waals surface area contributed by atoms with Gasteiger partial charge in [-0.2, -0.15) is 0 Å². The normalized spacial score (nSPS) is 12.6. The highest BCUT2D eigenvalue weighted by atomic mass is 79.9. The van der Waals surface area contributed by atoms with Crippen LogP contribution in [0.2, 0.25) is 0 Å². The first-order chi connectivity index (χ1) is 19.5. The van der Waals surface area contributed by atoms with Crippen molar-refractivity contribution < 1.29 is 27.5 Å². The van der Waals surface area contributed by atoms with E-state index in [4.69, 9.17) is 9.47 Å². The van der Waals surface area contributed by atoms with Crippen LogP contribution in [0.4, 0.5) is 5.69 Å². The Bertz CT molecular complexity index is 1430. The third-order valence-electron chi connectivity index (χ3n) is 6.70. The van der Waals surface area contributed by atoms with Gasteiger partial charge in [0.2, 0.25) is 11.8 Å². The average Bonchev–Trinajstić information content (AvgIpc) is 2.98. The first kappa shape index (κ1) is 32.0. The van der Waals surface area contributed by atoms with Gasteiger partial charge >= 0.3 is 0 Å². The maximum Gasteiger partial charge on any atom is 0.264 e. The molecule has 220 valence electrons. The van der Waals surface area contributed by atoms with Crippen LogP contribution in [0.5, 0.6) is 11.5 Å². The molecule has 1 N–H and O–H groups in total. The van der Waals surface area contributed by atoms with Gasteiger partial charge in [0, 0.05) is 23.1 Å². The Hall–Kier alpha value is -3.57. The van der Waals surface area contributed by atoms with Gasteiger partial charge in [0.05, 0.1) is 24.8 Å². The zero-order chi connectivity index (χ0) is 30.2. The molecule has 0 unspecified atom stereocenters. The summed E-state index contributed by atoms with van der Waals surface area (Å²) < 4.78 is 40.5. The molecule has 3 rings (SSSR count). The Labute approximate surface area is 250 Å². The van der Waals surface area contributed by atoms with E-state index >= 15 is 0 Å². The van der Waals surface area contributed by atoms with Gasteiger partial charge in [0.15, 0.2) is 11.5 Å². The molecule has 0 bridgehead atoms. The fraction of sp³-hybridized carbons (Fsp3) is 0.333. The Morgan fingerprint density at radius 2 is 1.56 bits per heavy atom. The molecule has 2 amide bonds. The van der Waals surface area contributed by atoms with Gasteiger partial charge in [0.25, 0.3) is 10.0 Å². The molecule has 0 spiro atoms. The number of carbonyl (C=O) groups excluding carboxylic acids is 2. The van der Waals surface area contributed by atoms with E-state index in [1.165, 1.54) is 37.3 Å². The molecule has 0 aliphatic carbocycles. The lowest BCUT2D eigenvalue weighted by Gasteiger charge is -2.32.